The van der Waals surface area contributed by atoms with Crippen LogP contribution in [0.25, 0.3) is 0 Å². The number of carbonyl (C=O) groups is 1. The lowest BCUT2D eigenvalue weighted by atomic mass is 9.87. The van der Waals surface area contributed by atoms with Gasteiger partial charge in [0.05, 0.1) is 13.2 Å². The number of hydrogen-bond acceptors (Lipinski definition) is 5. The zero-order valence-electron chi connectivity index (χ0n) is 18.5. The Kier molecular flexibility index (Phi) is 7.22. The molecule has 2 aliphatic heterocycles. The number of benzene rings is 2. The molecule has 0 bridgehead atoms. The Bertz CT molecular complexity index is 834. The van der Waals surface area contributed by atoms with Crippen LogP contribution in [-0.2, 0) is 11.3 Å². The van der Waals surface area contributed by atoms with E-state index in [2.05, 4.69) is 70.5 Å². The van der Waals surface area contributed by atoms with Gasteiger partial charge in [-0.15, -0.1) is 0 Å². The van der Waals surface area contributed by atoms with Crippen molar-refractivity contribution in [3.8, 4) is 5.75 Å². The van der Waals surface area contributed by atoms with Crippen molar-refractivity contribution in [3.05, 3.63) is 65.7 Å². The molecule has 3 unspecified atom stereocenters. The minimum Gasteiger partial charge on any atom is -0.497 e. The highest BCUT2D eigenvalue weighted by Crippen LogP contribution is 2.32. The van der Waals surface area contributed by atoms with Gasteiger partial charge in [0.1, 0.15) is 5.75 Å². The van der Waals surface area contributed by atoms with Crippen LogP contribution in [0.15, 0.2) is 54.6 Å². The second-order valence-electron chi connectivity index (χ2n) is 8.80. The zero-order chi connectivity index (χ0) is 21.6. The van der Waals surface area contributed by atoms with Crippen molar-refractivity contribution in [1.29, 1.82) is 0 Å². The number of amides is 1. The number of ether oxygens (including phenoxy) is 1. The highest BCUT2D eigenvalue weighted by atomic mass is 16.5. The molecule has 0 spiro atoms. The molecule has 4 rings (SSSR count). The number of methoxy groups -OCH3 is 1. The molecule has 6 heteroatoms. The fourth-order valence-electron chi connectivity index (χ4n) is 4.74. The summed E-state index contributed by atoms with van der Waals surface area (Å²) in [6.07, 6.45) is 2.54. The number of nitrogens with one attached hydrogen (secondary N) is 3. The third-order valence-corrected chi connectivity index (χ3v) is 6.63. The van der Waals surface area contributed by atoms with E-state index in [0.717, 1.165) is 38.2 Å². The summed E-state index contributed by atoms with van der Waals surface area (Å²) < 4.78 is 5.27. The van der Waals surface area contributed by atoms with Gasteiger partial charge >= 0.3 is 0 Å². The molecule has 0 saturated carbocycles. The van der Waals surface area contributed by atoms with Gasteiger partial charge in [-0.2, -0.15) is 0 Å². The van der Waals surface area contributed by atoms with Gasteiger partial charge in [0.2, 0.25) is 5.91 Å². The van der Waals surface area contributed by atoms with Crippen molar-refractivity contribution < 1.29 is 9.53 Å². The minimum absolute atomic E-state index is 0.111. The van der Waals surface area contributed by atoms with Gasteiger partial charge in [0.25, 0.3) is 0 Å². The Hall–Kier alpha value is -2.41. The van der Waals surface area contributed by atoms with Gasteiger partial charge in [-0.05, 0) is 43.0 Å². The lowest BCUT2D eigenvalue weighted by molar-refractivity contribution is -0.123. The number of nitrogens with zero attached hydrogens (tertiary/aromatic N) is 1. The summed E-state index contributed by atoms with van der Waals surface area (Å²) in [5, 5.41) is 3.30. The molecule has 2 heterocycles. The molecule has 2 aromatic carbocycles. The van der Waals surface area contributed by atoms with E-state index in [1.54, 1.807) is 7.11 Å². The molecule has 2 aliphatic rings. The number of hydrogen-bond donors (Lipinski definition) is 3. The van der Waals surface area contributed by atoms with Gasteiger partial charge in [-0.25, -0.2) is 5.43 Å². The predicted octanol–water partition coefficient (Wildman–Crippen LogP) is 3.02. The number of carbonyl (C=O) groups excluding carboxylic acids is 1. The molecule has 2 saturated heterocycles. The quantitative estimate of drug-likeness (QED) is 0.640. The molecular weight excluding hydrogens is 388 g/mol. The van der Waals surface area contributed by atoms with Crippen molar-refractivity contribution in [2.24, 2.45) is 5.92 Å². The third kappa shape index (κ3) is 5.64. The first-order valence-electron chi connectivity index (χ1n) is 11.3. The SMILES string of the molecule is COc1ccc(C2NNC(C)C2CC(=O)NC2CCN(Cc3ccccc3)CC2)cc1. The van der Waals surface area contributed by atoms with Crippen LogP contribution in [-0.4, -0.2) is 43.1 Å². The Morgan fingerprint density at radius 2 is 1.77 bits per heavy atom. The van der Waals surface area contributed by atoms with Crippen LogP contribution in [0.5, 0.6) is 5.75 Å². The van der Waals surface area contributed by atoms with Gasteiger partial charge in [-0.1, -0.05) is 42.5 Å². The summed E-state index contributed by atoms with van der Waals surface area (Å²) in [4.78, 5) is 15.3. The van der Waals surface area contributed by atoms with Crippen molar-refractivity contribution in [2.75, 3.05) is 20.2 Å². The maximum atomic E-state index is 12.9. The fourth-order valence-corrected chi connectivity index (χ4v) is 4.74. The zero-order valence-corrected chi connectivity index (χ0v) is 18.5. The third-order valence-electron chi connectivity index (χ3n) is 6.63. The number of piperidine rings is 1. The average molecular weight is 423 g/mol. The molecule has 0 aliphatic carbocycles. The largest absolute Gasteiger partial charge is 0.497 e. The summed E-state index contributed by atoms with van der Waals surface area (Å²) in [6.45, 7) is 5.17. The van der Waals surface area contributed by atoms with E-state index in [4.69, 9.17) is 4.74 Å². The van der Waals surface area contributed by atoms with E-state index in [1.165, 1.54) is 11.1 Å². The molecule has 0 aromatic heterocycles. The Balaban J connectivity index is 1.26. The number of hydrazine groups is 1. The molecule has 3 atom stereocenters. The molecule has 0 radical (unpaired) electrons. The fraction of sp³-hybridized carbons (Fsp3) is 0.480. The Morgan fingerprint density at radius 1 is 1.06 bits per heavy atom. The predicted molar refractivity (Wildman–Crippen MR) is 122 cm³/mol. The number of rotatable bonds is 7. The van der Waals surface area contributed by atoms with Crippen molar-refractivity contribution in [1.82, 2.24) is 21.1 Å². The summed E-state index contributed by atoms with van der Waals surface area (Å²) >= 11 is 0. The van der Waals surface area contributed by atoms with E-state index in [-0.39, 0.29) is 30.0 Å². The summed E-state index contributed by atoms with van der Waals surface area (Å²) in [5.74, 6) is 1.20. The van der Waals surface area contributed by atoms with E-state index in [9.17, 15) is 4.79 Å². The second-order valence-corrected chi connectivity index (χ2v) is 8.80. The maximum absolute atomic E-state index is 12.9. The van der Waals surface area contributed by atoms with Crippen molar-refractivity contribution in [3.63, 3.8) is 0 Å². The molecule has 3 N–H and O–H groups in total. The second kappa shape index (κ2) is 10.3. The first-order valence-corrected chi connectivity index (χ1v) is 11.3. The topological polar surface area (TPSA) is 65.6 Å². The monoisotopic (exact) mass is 422 g/mol. The van der Waals surface area contributed by atoms with E-state index >= 15 is 0 Å². The summed E-state index contributed by atoms with van der Waals surface area (Å²) in [6, 6.07) is 19.3. The smallest absolute Gasteiger partial charge is 0.220 e. The molecule has 166 valence electrons. The van der Waals surface area contributed by atoms with Gasteiger partial charge in [0, 0.05) is 44.1 Å². The van der Waals surface area contributed by atoms with Gasteiger partial charge in [0.15, 0.2) is 0 Å². The summed E-state index contributed by atoms with van der Waals surface area (Å²) in [7, 11) is 1.67. The maximum Gasteiger partial charge on any atom is 0.220 e. The van der Waals surface area contributed by atoms with Crippen molar-refractivity contribution >= 4 is 5.91 Å². The molecule has 31 heavy (non-hydrogen) atoms. The van der Waals surface area contributed by atoms with Crippen LogP contribution in [0.3, 0.4) is 0 Å². The lowest BCUT2D eigenvalue weighted by Crippen LogP contribution is -2.45. The van der Waals surface area contributed by atoms with E-state index in [0.29, 0.717) is 6.42 Å². The highest BCUT2D eigenvalue weighted by molar-refractivity contribution is 5.76. The molecule has 2 fully saturated rings. The highest BCUT2D eigenvalue weighted by Gasteiger charge is 2.36. The van der Waals surface area contributed by atoms with Crippen LogP contribution >= 0.6 is 0 Å². The van der Waals surface area contributed by atoms with Crippen LogP contribution in [0.1, 0.15) is 43.4 Å². The van der Waals surface area contributed by atoms with Crippen LogP contribution in [0.4, 0.5) is 0 Å². The molecule has 1 amide bonds. The molecular formula is C25H34N4O2. The van der Waals surface area contributed by atoms with Crippen LogP contribution in [0, 0.1) is 5.92 Å². The Labute approximate surface area is 185 Å². The number of likely N-dealkylation sites (tertiary alicyclic amines) is 1. The van der Waals surface area contributed by atoms with Crippen LogP contribution in [0.2, 0.25) is 0 Å². The Morgan fingerprint density at radius 3 is 2.45 bits per heavy atom. The first kappa shape index (κ1) is 21.8. The van der Waals surface area contributed by atoms with Gasteiger partial charge in [-0.3, -0.25) is 15.1 Å². The van der Waals surface area contributed by atoms with E-state index < -0.39 is 0 Å². The summed E-state index contributed by atoms with van der Waals surface area (Å²) in [5.41, 5.74) is 9.21. The van der Waals surface area contributed by atoms with Crippen molar-refractivity contribution in [2.45, 2.75) is 50.9 Å². The molecule has 2 aromatic rings. The van der Waals surface area contributed by atoms with E-state index in [1.807, 2.05) is 12.1 Å². The normalized spacial score (nSPS) is 24.8. The van der Waals surface area contributed by atoms with Gasteiger partial charge < -0.3 is 10.1 Å². The average Bonchev–Trinajstić information content (AvgIpc) is 3.16. The minimum atomic E-state index is 0.111. The standard InChI is InChI=1S/C25H34N4O2/c1-18-23(25(28-27-18)20-8-10-22(31-2)11-9-20)16-24(30)26-21-12-14-29(15-13-21)17-19-6-4-3-5-7-19/h3-11,18,21,23,25,27-28H,12-17H2,1-2H3,(H,26,30). The van der Waals surface area contributed by atoms with Crippen LogP contribution < -0.4 is 20.9 Å². The lowest BCUT2D eigenvalue weighted by Gasteiger charge is -2.32. The first-order chi connectivity index (χ1) is 15.1. The molecule has 6 nitrogen and oxygen atoms in total.